The molecule has 0 aliphatic carbocycles. The number of benzene rings is 3. The zero-order chi connectivity index (χ0) is 37.4. The summed E-state index contributed by atoms with van der Waals surface area (Å²) in [5, 5.41) is 2.48. The van der Waals surface area contributed by atoms with Crippen molar-refractivity contribution in [2.75, 3.05) is 12.4 Å². The number of rotatable bonds is 11. The van der Waals surface area contributed by atoms with E-state index in [1.807, 2.05) is 0 Å². The number of fused-ring (bicyclic) bond motifs is 1. The lowest BCUT2D eigenvalue weighted by atomic mass is 10.0. The maximum absolute atomic E-state index is 13.8. The normalized spacial score (nSPS) is 16.1. The zero-order valence-corrected chi connectivity index (χ0v) is 24.7. The molecule has 0 radical (unpaired) electrons. The van der Waals surface area contributed by atoms with Crippen LogP contribution in [-0.4, -0.2) is 47.5 Å². The third-order valence-corrected chi connectivity index (χ3v) is 6.09. The first kappa shape index (κ1) is 26.2. The van der Waals surface area contributed by atoms with Crippen molar-refractivity contribution in [2.45, 2.75) is 58.3 Å². The SMILES string of the molecule is [2H]C([2H])(C(=O)OC(C)(C)C)C([2H])([2H])[C@@]([2H])(C(N)=O)N1Cc2ccc(COC(=O)Nc3ccc(Oc4ccc(F)c(F)c4)cc3)c(OC)c2C1=O. The van der Waals surface area contributed by atoms with E-state index in [1.54, 1.807) is 0 Å². The maximum Gasteiger partial charge on any atom is 0.411 e. The van der Waals surface area contributed by atoms with Crippen molar-refractivity contribution in [1.82, 2.24) is 4.90 Å². The summed E-state index contributed by atoms with van der Waals surface area (Å²) in [7, 11) is 1.20. The Morgan fingerprint density at radius 3 is 2.38 bits per heavy atom. The molecule has 0 fully saturated rings. The van der Waals surface area contributed by atoms with Crippen LogP contribution >= 0.6 is 0 Å². The summed E-state index contributed by atoms with van der Waals surface area (Å²) in [5.41, 5.74) is 4.56. The third-order valence-electron chi connectivity index (χ3n) is 6.09. The van der Waals surface area contributed by atoms with Crippen LogP contribution in [0.3, 0.4) is 0 Å². The molecule has 4 rings (SSSR count). The summed E-state index contributed by atoms with van der Waals surface area (Å²) in [4.78, 5) is 52.2. The number of carbonyl (C=O) groups excluding carboxylic acids is 4. The Hall–Kier alpha value is -5.20. The van der Waals surface area contributed by atoms with Crippen LogP contribution in [0, 0.1) is 11.6 Å². The Morgan fingerprint density at radius 2 is 1.76 bits per heavy atom. The predicted octanol–water partition coefficient (Wildman–Crippen LogP) is 5.45. The molecule has 3 aromatic carbocycles. The molecule has 0 spiro atoms. The number of amides is 3. The highest BCUT2D eigenvalue weighted by Gasteiger charge is 2.38. The standard InChI is InChI=1S/C32H33F2N3O8/c1-32(2,3)45-26(38)14-13-25(29(35)39)37-16-18-5-6-19(28(42-4)27(18)30(37)40)17-43-31(41)36-20-7-9-21(10-8-20)44-22-11-12-23(33)24(34)15-22/h5-12,15,25H,13-14,16-17H2,1-4H3,(H2,35,39)(H,36,41)/t25-/m0/s1/i13D2,14D2,25D. The van der Waals surface area contributed by atoms with Gasteiger partial charge < -0.3 is 29.6 Å². The second-order valence-electron chi connectivity index (χ2n) is 10.6. The molecule has 1 aliphatic rings. The number of ether oxygens (including phenoxy) is 4. The van der Waals surface area contributed by atoms with Crippen LogP contribution in [-0.2, 0) is 32.2 Å². The lowest BCUT2D eigenvalue weighted by Crippen LogP contribution is -2.45. The lowest BCUT2D eigenvalue weighted by Gasteiger charge is -2.26. The highest BCUT2D eigenvalue weighted by atomic mass is 19.2. The van der Waals surface area contributed by atoms with E-state index in [1.165, 1.54) is 70.3 Å². The topological polar surface area (TPSA) is 146 Å². The molecule has 13 heteroatoms. The molecule has 3 amide bonds. The average Bonchev–Trinajstić information content (AvgIpc) is 3.37. The Balaban J connectivity index is 1.50. The molecule has 11 nitrogen and oxygen atoms in total. The van der Waals surface area contributed by atoms with Crippen molar-refractivity contribution in [1.29, 1.82) is 0 Å². The molecule has 3 N–H and O–H groups in total. The van der Waals surface area contributed by atoms with Gasteiger partial charge in [0.15, 0.2) is 11.6 Å². The Kier molecular flexibility index (Phi) is 7.94. The molecule has 1 aliphatic heterocycles. The molecule has 3 aromatic rings. The second kappa shape index (κ2) is 13.6. The van der Waals surface area contributed by atoms with Gasteiger partial charge in [-0.05, 0) is 69.1 Å². The number of hydrogen-bond acceptors (Lipinski definition) is 8. The van der Waals surface area contributed by atoms with Crippen LogP contribution in [0.4, 0.5) is 19.3 Å². The fraction of sp³-hybridized carbons (Fsp3) is 0.312. The number of nitrogens with one attached hydrogen (secondary N) is 1. The van der Waals surface area contributed by atoms with Gasteiger partial charge in [-0.2, -0.15) is 0 Å². The molecule has 238 valence electrons. The van der Waals surface area contributed by atoms with Gasteiger partial charge in [-0.1, -0.05) is 12.1 Å². The molecule has 0 aromatic heterocycles. The number of nitrogens with two attached hydrogens (primary N) is 1. The average molecular weight is 631 g/mol. The van der Waals surface area contributed by atoms with Gasteiger partial charge in [0.1, 0.15) is 35.5 Å². The maximum atomic E-state index is 13.8. The van der Waals surface area contributed by atoms with Gasteiger partial charge in [-0.15, -0.1) is 0 Å². The van der Waals surface area contributed by atoms with E-state index in [9.17, 15) is 28.0 Å². The van der Waals surface area contributed by atoms with Crippen molar-refractivity contribution >= 4 is 29.6 Å². The minimum Gasteiger partial charge on any atom is -0.495 e. The monoisotopic (exact) mass is 630 g/mol. The first-order valence-corrected chi connectivity index (χ1v) is 13.3. The second-order valence-corrected chi connectivity index (χ2v) is 10.6. The predicted molar refractivity (Wildman–Crippen MR) is 158 cm³/mol. The largest absolute Gasteiger partial charge is 0.495 e. The van der Waals surface area contributed by atoms with E-state index in [0.717, 1.165) is 12.1 Å². The Morgan fingerprint density at radius 1 is 1.07 bits per heavy atom. The van der Waals surface area contributed by atoms with E-state index < -0.39 is 73.0 Å². The molecule has 0 unspecified atom stereocenters. The summed E-state index contributed by atoms with van der Waals surface area (Å²) in [6.45, 7) is 3.20. The van der Waals surface area contributed by atoms with Gasteiger partial charge in [-0.25, -0.2) is 13.6 Å². The lowest BCUT2D eigenvalue weighted by molar-refractivity contribution is -0.155. The van der Waals surface area contributed by atoms with Crippen molar-refractivity contribution in [2.24, 2.45) is 5.73 Å². The molecule has 1 heterocycles. The smallest absolute Gasteiger partial charge is 0.411 e. The first-order valence-electron chi connectivity index (χ1n) is 15.8. The van der Waals surface area contributed by atoms with Crippen molar-refractivity contribution in [3.05, 3.63) is 82.9 Å². The molecule has 1 atom stereocenters. The fourth-order valence-corrected chi connectivity index (χ4v) is 4.19. The molecular weight excluding hydrogens is 592 g/mol. The summed E-state index contributed by atoms with van der Waals surface area (Å²) in [5.74, 6) is -6.52. The van der Waals surface area contributed by atoms with Crippen LogP contribution in [0.2, 0.25) is 0 Å². The number of methoxy groups -OCH3 is 1. The van der Waals surface area contributed by atoms with E-state index in [2.05, 4.69) is 5.32 Å². The van der Waals surface area contributed by atoms with E-state index in [-0.39, 0.29) is 39.6 Å². The van der Waals surface area contributed by atoms with Gasteiger partial charge in [0.2, 0.25) is 5.91 Å². The van der Waals surface area contributed by atoms with Crippen LogP contribution < -0.4 is 20.5 Å². The van der Waals surface area contributed by atoms with Crippen molar-refractivity contribution in [3.8, 4) is 17.2 Å². The third kappa shape index (κ3) is 8.25. The van der Waals surface area contributed by atoms with E-state index in [0.29, 0.717) is 4.90 Å². The molecule has 45 heavy (non-hydrogen) atoms. The van der Waals surface area contributed by atoms with Gasteiger partial charge in [0, 0.05) is 35.7 Å². The van der Waals surface area contributed by atoms with Crippen LogP contribution in [0.15, 0.2) is 54.6 Å². The number of carbonyl (C=O) groups is 4. The van der Waals surface area contributed by atoms with Crippen molar-refractivity contribution in [3.63, 3.8) is 0 Å². The minimum absolute atomic E-state index is 0.0531. The number of anilines is 1. The Bertz CT molecular complexity index is 1840. The number of primary amides is 1. The number of hydrogen-bond donors (Lipinski definition) is 2. The van der Waals surface area contributed by atoms with Gasteiger partial charge >= 0.3 is 12.1 Å². The number of halogens is 2. The van der Waals surface area contributed by atoms with E-state index in [4.69, 9.17) is 31.5 Å². The molecular formula is C32H33F2N3O8. The molecule has 0 bridgehead atoms. The minimum atomic E-state index is -3.73. The van der Waals surface area contributed by atoms with Crippen LogP contribution in [0.1, 0.15) is 61.9 Å². The zero-order valence-electron chi connectivity index (χ0n) is 29.7. The first-order chi connectivity index (χ1) is 23.1. The summed E-state index contributed by atoms with van der Waals surface area (Å²) < 4.78 is 90.1. The highest BCUT2D eigenvalue weighted by Crippen LogP contribution is 2.36. The van der Waals surface area contributed by atoms with Crippen LogP contribution in [0.25, 0.3) is 0 Å². The number of esters is 1. The fourth-order valence-electron chi connectivity index (χ4n) is 4.19. The summed E-state index contributed by atoms with van der Waals surface area (Å²) >= 11 is 0. The number of nitrogens with zero attached hydrogens (tertiary/aromatic N) is 1. The van der Waals surface area contributed by atoms with Crippen LogP contribution in [0.5, 0.6) is 17.2 Å². The van der Waals surface area contributed by atoms with Gasteiger partial charge in [-0.3, -0.25) is 19.7 Å². The summed E-state index contributed by atoms with van der Waals surface area (Å²) in [6.07, 6.45) is -8.28. The van der Waals surface area contributed by atoms with Crippen molar-refractivity contribution < 1.29 is 53.8 Å². The van der Waals surface area contributed by atoms with Gasteiger partial charge in [0.25, 0.3) is 5.91 Å². The quantitative estimate of drug-likeness (QED) is 0.266. The molecule has 0 saturated carbocycles. The molecule has 0 saturated heterocycles. The summed E-state index contributed by atoms with van der Waals surface area (Å²) in [6, 6.07) is 8.21. The Labute approximate surface area is 265 Å². The highest BCUT2D eigenvalue weighted by molar-refractivity contribution is 6.03. The van der Waals surface area contributed by atoms with E-state index >= 15 is 0 Å². The van der Waals surface area contributed by atoms with Gasteiger partial charge in [0.05, 0.1) is 14.0 Å².